The summed E-state index contributed by atoms with van der Waals surface area (Å²) in [6, 6.07) is 0.305. The van der Waals surface area contributed by atoms with Crippen molar-refractivity contribution in [3.63, 3.8) is 0 Å². The molecule has 112 valence electrons. The summed E-state index contributed by atoms with van der Waals surface area (Å²) in [5.74, 6) is 1.59. The number of carbonyl (C=O) groups is 1. The van der Waals surface area contributed by atoms with Gasteiger partial charge in [-0.15, -0.1) is 12.4 Å². The van der Waals surface area contributed by atoms with Crippen LogP contribution in [0.5, 0.6) is 0 Å². The SMILES string of the molecule is CC(C)(C)OC(=O)N[C@H]1CC[C@@H]2CNCC[C@@H]2C1.Cl. The number of alkyl carbamates (subject to hydrolysis) is 1. The molecular weight excluding hydrogens is 264 g/mol. The zero-order valence-electron chi connectivity index (χ0n) is 12.2. The van der Waals surface area contributed by atoms with Crippen molar-refractivity contribution in [2.24, 2.45) is 11.8 Å². The number of carbonyl (C=O) groups excluding carboxylic acids is 1. The zero-order chi connectivity index (χ0) is 13.2. The van der Waals surface area contributed by atoms with Gasteiger partial charge in [-0.05, 0) is 71.4 Å². The van der Waals surface area contributed by atoms with E-state index in [4.69, 9.17) is 4.74 Å². The second-order valence-electron chi connectivity index (χ2n) is 6.67. The van der Waals surface area contributed by atoms with Gasteiger partial charge in [-0.2, -0.15) is 0 Å². The minimum absolute atomic E-state index is 0. The summed E-state index contributed by atoms with van der Waals surface area (Å²) in [5.41, 5.74) is -0.407. The van der Waals surface area contributed by atoms with Crippen molar-refractivity contribution in [1.82, 2.24) is 10.6 Å². The van der Waals surface area contributed by atoms with E-state index in [9.17, 15) is 4.79 Å². The van der Waals surface area contributed by atoms with Crippen molar-refractivity contribution in [3.05, 3.63) is 0 Å². The zero-order valence-corrected chi connectivity index (χ0v) is 13.0. The summed E-state index contributed by atoms with van der Waals surface area (Å²) in [7, 11) is 0. The van der Waals surface area contributed by atoms with Crippen LogP contribution in [0.15, 0.2) is 0 Å². The average Bonchev–Trinajstić information content (AvgIpc) is 2.26. The van der Waals surface area contributed by atoms with E-state index in [1.807, 2.05) is 20.8 Å². The van der Waals surface area contributed by atoms with Crippen LogP contribution in [0.3, 0.4) is 0 Å². The number of rotatable bonds is 1. The molecule has 1 saturated heterocycles. The summed E-state index contributed by atoms with van der Waals surface area (Å²) in [6.45, 7) is 7.98. The molecule has 1 saturated carbocycles. The fourth-order valence-corrected chi connectivity index (χ4v) is 3.13. The second-order valence-corrected chi connectivity index (χ2v) is 6.67. The highest BCUT2D eigenvalue weighted by molar-refractivity contribution is 5.85. The van der Waals surface area contributed by atoms with Crippen molar-refractivity contribution in [2.45, 2.75) is 58.1 Å². The number of amides is 1. The highest BCUT2D eigenvalue weighted by atomic mass is 35.5. The van der Waals surface area contributed by atoms with Gasteiger partial charge in [-0.25, -0.2) is 4.79 Å². The lowest BCUT2D eigenvalue weighted by atomic mass is 9.74. The topological polar surface area (TPSA) is 50.4 Å². The fraction of sp³-hybridized carbons (Fsp3) is 0.929. The predicted octanol–water partition coefficient (Wildman–Crippen LogP) is 2.71. The Bertz CT molecular complexity index is 304. The second kappa shape index (κ2) is 6.80. The summed E-state index contributed by atoms with van der Waals surface area (Å²) in [4.78, 5) is 11.7. The highest BCUT2D eigenvalue weighted by Gasteiger charge is 2.33. The van der Waals surface area contributed by atoms with Gasteiger partial charge in [0.2, 0.25) is 0 Å². The summed E-state index contributed by atoms with van der Waals surface area (Å²) < 4.78 is 5.31. The van der Waals surface area contributed by atoms with Crippen molar-refractivity contribution in [2.75, 3.05) is 13.1 Å². The third kappa shape index (κ3) is 5.19. The Kier molecular flexibility index (Phi) is 5.93. The molecule has 2 N–H and O–H groups in total. The van der Waals surface area contributed by atoms with Gasteiger partial charge in [0, 0.05) is 6.04 Å². The molecule has 1 aliphatic heterocycles. The van der Waals surface area contributed by atoms with Gasteiger partial charge in [0.1, 0.15) is 5.60 Å². The van der Waals surface area contributed by atoms with Crippen molar-refractivity contribution < 1.29 is 9.53 Å². The van der Waals surface area contributed by atoms with Crippen LogP contribution in [-0.4, -0.2) is 30.8 Å². The number of hydrogen-bond acceptors (Lipinski definition) is 3. The molecule has 2 aliphatic rings. The minimum Gasteiger partial charge on any atom is -0.444 e. The van der Waals surface area contributed by atoms with E-state index in [0.29, 0.717) is 6.04 Å². The normalized spacial score (nSPS) is 30.8. The van der Waals surface area contributed by atoms with E-state index in [1.165, 1.54) is 12.8 Å². The standard InChI is InChI=1S/C14H26N2O2.ClH/c1-14(2,3)18-13(17)16-12-5-4-11-9-15-7-6-10(11)8-12;/h10-12,15H,4-9H2,1-3H3,(H,16,17);1H/t10-,11-,12+;/m1./s1. The minimum atomic E-state index is -0.407. The van der Waals surface area contributed by atoms with Crippen LogP contribution in [-0.2, 0) is 4.74 Å². The lowest BCUT2D eigenvalue weighted by molar-refractivity contribution is 0.0462. The molecule has 0 aromatic carbocycles. The maximum absolute atomic E-state index is 11.7. The third-order valence-electron chi connectivity index (χ3n) is 3.96. The van der Waals surface area contributed by atoms with Crippen LogP contribution in [0.25, 0.3) is 0 Å². The molecule has 2 fully saturated rings. The Morgan fingerprint density at radius 2 is 1.95 bits per heavy atom. The molecular formula is C14H27ClN2O2. The van der Waals surface area contributed by atoms with Crippen LogP contribution in [0.1, 0.15) is 46.5 Å². The molecule has 0 spiro atoms. The first kappa shape index (κ1) is 16.6. The Hall–Kier alpha value is -0.480. The van der Waals surface area contributed by atoms with E-state index in [-0.39, 0.29) is 18.5 Å². The van der Waals surface area contributed by atoms with Crippen LogP contribution < -0.4 is 10.6 Å². The van der Waals surface area contributed by atoms with Gasteiger partial charge in [-0.3, -0.25) is 0 Å². The van der Waals surface area contributed by atoms with E-state index < -0.39 is 5.60 Å². The summed E-state index contributed by atoms with van der Waals surface area (Å²) in [6.07, 6.45) is 4.41. The molecule has 0 aromatic rings. The average molecular weight is 291 g/mol. The predicted molar refractivity (Wildman–Crippen MR) is 78.7 cm³/mol. The van der Waals surface area contributed by atoms with Gasteiger partial charge < -0.3 is 15.4 Å². The largest absolute Gasteiger partial charge is 0.444 e. The monoisotopic (exact) mass is 290 g/mol. The van der Waals surface area contributed by atoms with Crippen LogP contribution >= 0.6 is 12.4 Å². The van der Waals surface area contributed by atoms with Crippen LogP contribution in [0.2, 0.25) is 0 Å². The first-order valence-electron chi connectivity index (χ1n) is 7.14. The number of piperidine rings is 1. The van der Waals surface area contributed by atoms with Crippen molar-refractivity contribution in [1.29, 1.82) is 0 Å². The Balaban J connectivity index is 0.00000180. The maximum atomic E-state index is 11.7. The van der Waals surface area contributed by atoms with Gasteiger partial charge in [0.25, 0.3) is 0 Å². The molecule has 0 aromatic heterocycles. The molecule has 1 heterocycles. The molecule has 1 amide bonds. The molecule has 5 heteroatoms. The lowest BCUT2D eigenvalue weighted by Crippen LogP contribution is -2.47. The van der Waals surface area contributed by atoms with Crippen LogP contribution in [0, 0.1) is 11.8 Å². The quantitative estimate of drug-likeness (QED) is 0.781. The summed E-state index contributed by atoms with van der Waals surface area (Å²) in [5, 5.41) is 6.49. The number of halogens is 1. The number of hydrogen-bond donors (Lipinski definition) is 2. The van der Waals surface area contributed by atoms with E-state index >= 15 is 0 Å². The number of ether oxygens (including phenoxy) is 1. The molecule has 0 radical (unpaired) electrons. The number of nitrogens with one attached hydrogen (secondary N) is 2. The fourth-order valence-electron chi connectivity index (χ4n) is 3.13. The molecule has 0 unspecified atom stereocenters. The van der Waals surface area contributed by atoms with Crippen molar-refractivity contribution >= 4 is 18.5 Å². The Morgan fingerprint density at radius 3 is 2.63 bits per heavy atom. The summed E-state index contributed by atoms with van der Waals surface area (Å²) >= 11 is 0. The first-order valence-corrected chi connectivity index (χ1v) is 7.14. The van der Waals surface area contributed by atoms with Gasteiger partial charge in [0.05, 0.1) is 0 Å². The molecule has 1 aliphatic carbocycles. The number of fused-ring (bicyclic) bond motifs is 1. The molecule has 3 atom stereocenters. The van der Waals surface area contributed by atoms with Gasteiger partial charge >= 0.3 is 6.09 Å². The highest BCUT2D eigenvalue weighted by Crippen LogP contribution is 2.33. The molecule has 19 heavy (non-hydrogen) atoms. The smallest absolute Gasteiger partial charge is 0.407 e. The van der Waals surface area contributed by atoms with E-state index in [0.717, 1.165) is 37.8 Å². The van der Waals surface area contributed by atoms with Crippen molar-refractivity contribution in [3.8, 4) is 0 Å². The van der Waals surface area contributed by atoms with E-state index in [1.54, 1.807) is 0 Å². The first-order chi connectivity index (χ1) is 8.44. The third-order valence-corrected chi connectivity index (χ3v) is 3.96. The Labute approximate surface area is 122 Å². The van der Waals surface area contributed by atoms with E-state index in [2.05, 4.69) is 10.6 Å². The maximum Gasteiger partial charge on any atom is 0.407 e. The van der Waals surface area contributed by atoms with Gasteiger partial charge in [-0.1, -0.05) is 0 Å². The van der Waals surface area contributed by atoms with Gasteiger partial charge in [0.15, 0.2) is 0 Å². The molecule has 2 rings (SSSR count). The Morgan fingerprint density at radius 1 is 1.21 bits per heavy atom. The molecule has 4 nitrogen and oxygen atoms in total. The molecule has 0 bridgehead atoms. The lowest BCUT2D eigenvalue weighted by Gasteiger charge is -2.39. The van der Waals surface area contributed by atoms with Crippen LogP contribution in [0.4, 0.5) is 4.79 Å².